The van der Waals surface area contributed by atoms with E-state index >= 15 is 0 Å². The van der Waals surface area contributed by atoms with Crippen molar-refractivity contribution in [3.05, 3.63) is 29.3 Å². The van der Waals surface area contributed by atoms with Gasteiger partial charge in [-0.2, -0.15) is 0 Å². The lowest BCUT2D eigenvalue weighted by molar-refractivity contribution is 0.0608. The number of hydrogen-bond acceptors (Lipinski definition) is 4. The molecule has 0 spiro atoms. The second-order valence-corrected chi connectivity index (χ2v) is 5.39. The Morgan fingerprint density at radius 1 is 1.53 bits per heavy atom. The van der Waals surface area contributed by atoms with Crippen molar-refractivity contribution in [3.8, 4) is 5.75 Å². The molecular formula is C15H24N2O2. The van der Waals surface area contributed by atoms with Crippen molar-refractivity contribution < 1.29 is 9.47 Å². The van der Waals surface area contributed by atoms with E-state index in [9.17, 15) is 0 Å². The van der Waals surface area contributed by atoms with Gasteiger partial charge in [0.2, 0.25) is 0 Å². The minimum atomic E-state index is 0.119. The minimum absolute atomic E-state index is 0.119. The summed E-state index contributed by atoms with van der Waals surface area (Å²) in [6.07, 6.45) is 2.10. The third kappa shape index (κ3) is 3.26. The molecular weight excluding hydrogens is 240 g/mol. The summed E-state index contributed by atoms with van der Waals surface area (Å²) in [6.45, 7) is 5.13. The molecule has 3 unspecified atom stereocenters. The van der Waals surface area contributed by atoms with Gasteiger partial charge in [-0.15, -0.1) is 0 Å². The van der Waals surface area contributed by atoms with Crippen LogP contribution < -0.4 is 16.0 Å². The topological polar surface area (TPSA) is 56.5 Å². The van der Waals surface area contributed by atoms with Crippen LogP contribution in [0.1, 0.15) is 24.5 Å². The van der Waals surface area contributed by atoms with Gasteiger partial charge in [-0.05, 0) is 37.3 Å². The van der Waals surface area contributed by atoms with E-state index in [1.165, 1.54) is 11.1 Å². The molecule has 4 nitrogen and oxygen atoms in total. The Labute approximate surface area is 115 Å². The Morgan fingerprint density at radius 2 is 2.32 bits per heavy atom. The van der Waals surface area contributed by atoms with Crippen LogP contribution in [0, 0.1) is 12.8 Å². The van der Waals surface area contributed by atoms with E-state index < -0.39 is 0 Å². The van der Waals surface area contributed by atoms with Gasteiger partial charge in [0.25, 0.3) is 0 Å². The van der Waals surface area contributed by atoms with E-state index in [0.29, 0.717) is 5.92 Å². The fourth-order valence-corrected chi connectivity index (χ4v) is 2.81. The van der Waals surface area contributed by atoms with Crippen molar-refractivity contribution in [1.29, 1.82) is 0 Å². The standard InChI is InChI=1S/C15H24N2O2/c1-10-4-5-14(18-3)12(8-10)9-13(17-16)15-11(2)6-7-19-15/h4-5,8,11,13,15,17H,6-7,9,16H2,1-3H3. The molecule has 0 aliphatic carbocycles. The van der Waals surface area contributed by atoms with E-state index in [4.69, 9.17) is 15.3 Å². The smallest absolute Gasteiger partial charge is 0.122 e. The van der Waals surface area contributed by atoms with Gasteiger partial charge in [0.05, 0.1) is 19.3 Å². The lowest BCUT2D eigenvalue weighted by Gasteiger charge is -2.26. The highest BCUT2D eigenvalue weighted by Gasteiger charge is 2.32. The summed E-state index contributed by atoms with van der Waals surface area (Å²) in [6, 6.07) is 6.34. The number of hydrazine groups is 1. The van der Waals surface area contributed by atoms with Crippen LogP contribution in [0.2, 0.25) is 0 Å². The summed E-state index contributed by atoms with van der Waals surface area (Å²) in [5.41, 5.74) is 5.32. The number of rotatable bonds is 5. The van der Waals surface area contributed by atoms with Crippen LogP contribution in [-0.2, 0) is 11.2 Å². The Bertz CT molecular complexity index is 423. The SMILES string of the molecule is COc1ccc(C)cc1CC(NN)C1OCCC1C. The molecule has 19 heavy (non-hydrogen) atoms. The molecule has 4 heteroatoms. The quantitative estimate of drug-likeness (QED) is 0.629. The number of nitrogens with two attached hydrogens (primary N) is 1. The summed E-state index contributed by atoms with van der Waals surface area (Å²) in [5.74, 6) is 7.17. The zero-order valence-electron chi connectivity index (χ0n) is 12.0. The maximum absolute atomic E-state index is 5.81. The zero-order valence-corrected chi connectivity index (χ0v) is 12.0. The molecule has 1 aromatic rings. The number of ether oxygens (including phenoxy) is 2. The zero-order chi connectivity index (χ0) is 13.8. The number of benzene rings is 1. The molecule has 0 amide bonds. The highest BCUT2D eigenvalue weighted by molar-refractivity contribution is 5.37. The van der Waals surface area contributed by atoms with Crippen LogP contribution in [0.25, 0.3) is 0 Å². The lowest BCUT2D eigenvalue weighted by Crippen LogP contribution is -2.47. The predicted molar refractivity (Wildman–Crippen MR) is 76.1 cm³/mol. The largest absolute Gasteiger partial charge is 0.496 e. The second kappa shape index (κ2) is 6.37. The van der Waals surface area contributed by atoms with Gasteiger partial charge in [0.1, 0.15) is 5.75 Å². The third-order valence-corrected chi connectivity index (χ3v) is 3.93. The molecule has 1 fully saturated rings. The van der Waals surface area contributed by atoms with Crippen molar-refractivity contribution >= 4 is 0 Å². The normalized spacial score (nSPS) is 24.4. The Hall–Kier alpha value is -1.10. The van der Waals surface area contributed by atoms with E-state index in [0.717, 1.165) is 25.2 Å². The van der Waals surface area contributed by atoms with Crippen LogP contribution in [0.5, 0.6) is 5.75 Å². The molecule has 0 aromatic heterocycles. The Balaban J connectivity index is 2.15. The first-order chi connectivity index (χ1) is 9.15. The van der Waals surface area contributed by atoms with Crippen molar-refractivity contribution in [2.45, 2.75) is 38.8 Å². The molecule has 3 atom stereocenters. The minimum Gasteiger partial charge on any atom is -0.496 e. The highest BCUT2D eigenvalue weighted by atomic mass is 16.5. The molecule has 1 aliphatic rings. The number of methoxy groups -OCH3 is 1. The summed E-state index contributed by atoms with van der Waals surface area (Å²) in [7, 11) is 1.70. The molecule has 1 heterocycles. The fraction of sp³-hybridized carbons (Fsp3) is 0.600. The molecule has 0 radical (unpaired) electrons. The van der Waals surface area contributed by atoms with Crippen molar-refractivity contribution in [1.82, 2.24) is 5.43 Å². The Morgan fingerprint density at radius 3 is 2.89 bits per heavy atom. The van der Waals surface area contributed by atoms with Crippen LogP contribution in [0.3, 0.4) is 0 Å². The number of hydrogen-bond donors (Lipinski definition) is 2. The van der Waals surface area contributed by atoms with E-state index in [-0.39, 0.29) is 12.1 Å². The van der Waals surface area contributed by atoms with E-state index in [1.54, 1.807) is 7.11 Å². The fourth-order valence-electron chi connectivity index (χ4n) is 2.81. The van der Waals surface area contributed by atoms with Gasteiger partial charge in [-0.1, -0.05) is 24.6 Å². The van der Waals surface area contributed by atoms with Crippen LogP contribution >= 0.6 is 0 Å². The van der Waals surface area contributed by atoms with Crippen molar-refractivity contribution in [3.63, 3.8) is 0 Å². The number of nitrogens with one attached hydrogen (secondary N) is 1. The van der Waals surface area contributed by atoms with Gasteiger partial charge in [-0.3, -0.25) is 11.3 Å². The molecule has 1 saturated heterocycles. The highest BCUT2D eigenvalue weighted by Crippen LogP contribution is 2.27. The first-order valence-electron chi connectivity index (χ1n) is 6.87. The Kier molecular flexibility index (Phi) is 4.80. The van der Waals surface area contributed by atoms with Gasteiger partial charge in [-0.25, -0.2) is 0 Å². The van der Waals surface area contributed by atoms with Gasteiger partial charge < -0.3 is 9.47 Å². The average Bonchev–Trinajstić information content (AvgIpc) is 2.82. The van der Waals surface area contributed by atoms with Crippen molar-refractivity contribution in [2.24, 2.45) is 11.8 Å². The van der Waals surface area contributed by atoms with Crippen molar-refractivity contribution in [2.75, 3.05) is 13.7 Å². The molecule has 2 rings (SSSR count). The van der Waals surface area contributed by atoms with Gasteiger partial charge in [0.15, 0.2) is 0 Å². The van der Waals surface area contributed by atoms with E-state index in [2.05, 4.69) is 31.4 Å². The molecule has 1 aromatic carbocycles. The van der Waals surface area contributed by atoms with Gasteiger partial charge >= 0.3 is 0 Å². The average molecular weight is 264 g/mol. The second-order valence-electron chi connectivity index (χ2n) is 5.39. The maximum Gasteiger partial charge on any atom is 0.122 e. The molecule has 3 N–H and O–H groups in total. The molecule has 1 aliphatic heterocycles. The van der Waals surface area contributed by atoms with Crippen LogP contribution in [0.4, 0.5) is 0 Å². The van der Waals surface area contributed by atoms with Crippen LogP contribution in [0.15, 0.2) is 18.2 Å². The molecule has 0 saturated carbocycles. The first kappa shape index (κ1) is 14.3. The summed E-state index contributed by atoms with van der Waals surface area (Å²) in [4.78, 5) is 0. The maximum atomic E-state index is 5.81. The van der Waals surface area contributed by atoms with E-state index in [1.807, 2.05) is 6.07 Å². The third-order valence-electron chi connectivity index (χ3n) is 3.93. The predicted octanol–water partition coefficient (Wildman–Crippen LogP) is 1.80. The summed E-state index contributed by atoms with van der Waals surface area (Å²) in [5, 5.41) is 0. The molecule has 0 bridgehead atoms. The monoisotopic (exact) mass is 264 g/mol. The summed E-state index contributed by atoms with van der Waals surface area (Å²) < 4.78 is 11.2. The molecule has 106 valence electrons. The first-order valence-corrected chi connectivity index (χ1v) is 6.87. The van der Waals surface area contributed by atoms with Gasteiger partial charge in [0, 0.05) is 6.61 Å². The number of aryl methyl sites for hydroxylation is 1. The van der Waals surface area contributed by atoms with Crippen LogP contribution in [-0.4, -0.2) is 25.9 Å². The summed E-state index contributed by atoms with van der Waals surface area (Å²) >= 11 is 0. The lowest BCUT2D eigenvalue weighted by atomic mass is 9.92.